The number of fused-ring (bicyclic) bond motifs is 2. The summed E-state index contributed by atoms with van der Waals surface area (Å²) in [6, 6.07) is 11.9. The number of benzene rings is 2. The average Bonchev–Trinajstić information content (AvgIpc) is 3.81. The van der Waals surface area contributed by atoms with E-state index in [2.05, 4.69) is 20.6 Å². The van der Waals surface area contributed by atoms with Crippen LogP contribution >= 0.6 is 0 Å². The summed E-state index contributed by atoms with van der Waals surface area (Å²) in [5, 5.41) is 16.8. The normalized spacial score (nSPS) is 18.6. The van der Waals surface area contributed by atoms with E-state index in [1.54, 1.807) is 18.3 Å². The lowest BCUT2D eigenvalue weighted by Crippen LogP contribution is -2.52. The van der Waals surface area contributed by atoms with Crippen LogP contribution in [0.5, 0.6) is 11.5 Å². The van der Waals surface area contributed by atoms with E-state index in [-0.39, 0.29) is 53.9 Å². The van der Waals surface area contributed by atoms with E-state index in [0.29, 0.717) is 16.7 Å². The first-order chi connectivity index (χ1) is 22.3. The lowest BCUT2D eigenvalue weighted by atomic mass is 9.81. The van der Waals surface area contributed by atoms with E-state index in [1.807, 2.05) is 0 Å². The number of amides is 2. The highest BCUT2D eigenvalue weighted by Gasteiger charge is 2.58. The Kier molecular flexibility index (Phi) is 8.26. The second-order valence-electron chi connectivity index (χ2n) is 11.8. The van der Waals surface area contributed by atoms with Gasteiger partial charge in [0.15, 0.2) is 0 Å². The van der Waals surface area contributed by atoms with Crippen molar-refractivity contribution in [1.82, 2.24) is 20.6 Å². The molecule has 4 aromatic rings. The van der Waals surface area contributed by atoms with Crippen LogP contribution in [-0.4, -0.2) is 65.4 Å². The second kappa shape index (κ2) is 12.1. The van der Waals surface area contributed by atoms with Gasteiger partial charge in [0, 0.05) is 41.4 Å². The molecular formula is C33H31F4N5O5. The van der Waals surface area contributed by atoms with Crippen molar-refractivity contribution >= 4 is 22.7 Å². The topological polar surface area (TPSA) is 149 Å². The van der Waals surface area contributed by atoms with Gasteiger partial charge >= 0.3 is 6.18 Å². The highest BCUT2D eigenvalue weighted by atomic mass is 19.4. The van der Waals surface area contributed by atoms with Crippen molar-refractivity contribution in [2.45, 2.75) is 43.1 Å². The van der Waals surface area contributed by atoms with Gasteiger partial charge in [0.25, 0.3) is 5.91 Å². The van der Waals surface area contributed by atoms with E-state index >= 15 is 0 Å². The summed E-state index contributed by atoms with van der Waals surface area (Å²) in [5.41, 5.74) is -0.0446. The Morgan fingerprint density at radius 3 is 2.55 bits per heavy atom. The molecule has 2 aliphatic rings. The molecule has 3 heterocycles. The van der Waals surface area contributed by atoms with Crippen molar-refractivity contribution in [2.24, 2.45) is 5.73 Å². The van der Waals surface area contributed by atoms with Gasteiger partial charge in [0.1, 0.15) is 40.5 Å². The van der Waals surface area contributed by atoms with Crippen molar-refractivity contribution < 1.29 is 41.7 Å². The van der Waals surface area contributed by atoms with Gasteiger partial charge in [-0.3, -0.25) is 14.6 Å². The first-order valence-electron chi connectivity index (χ1n) is 14.9. The number of hydrogen-bond acceptors (Lipinski definition) is 8. The van der Waals surface area contributed by atoms with Crippen LogP contribution in [0.15, 0.2) is 60.8 Å². The molecule has 2 amide bonds. The fraction of sp³-hybridized carbons (Fsp3) is 0.333. The van der Waals surface area contributed by atoms with Gasteiger partial charge in [-0.2, -0.15) is 13.2 Å². The number of halogens is 4. The third kappa shape index (κ3) is 6.05. The summed E-state index contributed by atoms with van der Waals surface area (Å²) in [6.07, 6.45) is -2.17. The highest BCUT2D eigenvalue weighted by Crippen LogP contribution is 2.48. The minimum atomic E-state index is -5.35. The fourth-order valence-corrected chi connectivity index (χ4v) is 5.36. The molecule has 0 spiro atoms. The number of nitrogens with two attached hydrogens (primary N) is 1. The van der Waals surface area contributed by atoms with E-state index in [0.717, 1.165) is 31.0 Å². The molecule has 1 fully saturated rings. The molecule has 2 atom stereocenters. The molecule has 14 heteroatoms. The maximum Gasteiger partial charge on any atom is 0.424 e. The Hall–Kier alpha value is -4.82. The first kappa shape index (κ1) is 32.1. The molecule has 1 unspecified atom stereocenters. The zero-order chi connectivity index (χ0) is 33.6. The molecule has 1 aliphatic heterocycles. The van der Waals surface area contributed by atoms with Gasteiger partial charge in [-0.25, -0.2) is 9.37 Å². The number of pyridine rings is 2. The van der Waals surface area contributed by atoms with Crippen LogP contribution in [0.3, 0.4) is 0 Å². The van der Waals surface area contributed by atoms with Gasteiger partial charge in [-0.1, -0.05) is 6.07 Å². The molecule has 6 rings (SSSR count). The summed E-state index contributed by atoms with van der Waals surface area (Å²) in [5.74, 6) is -1.75. The third-order valence-corrected chi connectivity index (χ3v) is 8.27. The van der Waals surface area contributed by atoms with Gasteiger partial charge in [0.05, 0.1) is 18.3 Å². The molecule has 1 saturated carbocycles. The number of nitrogens with one attached hydrogen (secondary N) is 2. The molecule has 2 aromatic heterocycles. The molecule has 246 valence electrons. The molecule has 0 saturated heterocycles. The van der Waals surface area contributed by atoms with Gasteiger partial charge < -0.3 is 30.9 Å². The number of carbonyl (C=O) groups excluding carboxylic acids is 2. The zero-order valence-electron chi connectivity index (χ0n) is 25.2. The Morgan fingerprint density at radius 2 is 1.87 bits per heavy atom. The molecule has 0 bridgehead atoms. The molecule has 0 radical (unpaired) electrons. The quantitative estimate of drug-likeness (QED) is 0.189. The first-order valence-corrected chi connectivity index (χ1v) is 14.9. The number of alkyl halides is 3. The number of nitrogens with zero attached hydrogens (tertiary/aromatic N) is 2. The molecular weight excluding hydrogens is 622 g/mol. The van der Waals surface area contributed by atoms with Crippen LogP contribution in [-0.2, 0) is 15.8 Å². The molecule has 5 N–H and O–H groups in total. The van der Waals surface area contributed by atoms with Crippen LogP contribution in [0.25, 0.3) is 22.2 Å². The number of aliphatic hydroxyl groups is 1. The fourth-order valence-electron chi connectivity index (χ4n) is 5.36. The Bertz CT molecular complexity index is 1850. The van der Waals surface area contributed by atoms with Crippen LogP contribution in [0.1, 0.15) is 41.4 Å². The van der Waals surface area contributed by atoms with E-state index in [4.69, 9.17) is 15.2 Å². The number of aromatic nitrogens is 2. The smallest absolute Gasteiger partial charge is 0.424 e. The Balaban J connectivity index is 1.40. The summed E-state index contributed by atoms with van der Waals surface area (Å²) >= 11 is 0. The predicted molar refractivity (Wildman–Crippen MR) is 162 cm³/mol. The predicted octanol–water partition coefficient (Wildman–Crippen LogP) is 3.88. The second-order valence-corrected chi connectivity index (χ2v) is 11.8. The Morgan fingerprint density at radius 1 is 1.13 bits per heavy atom. The largest absolute Gasteiger partial charge is 0.489 e. The summed E-state index contributed by atoms with van der Waals surface area (Å²) in [6.45, 7) is 0.121. The van der Waals surface area contributed by atoms with Crippen molar-refractivity contribution in [3.63, 3.8) is 0 Å². The average molecular weight is 654 g/mol. The van der Waals surface area contributed by atoms with Crippen molar-refractivity contribution in [3.8, 4) is 22.8 Å². The summed E-state index contributed by atoms with van der Waals surface area (Å²) < 4.78 is 70.2. The Labute approximate surface area is 266 Å². The van der Waals surface area contributed by atoms with E-state index < -0.39 is 47.1 Å². The standard InChI is InChI=1S/C33H31F4N5O5/c1-31(30(44)40-12-10-38)17-46-28-23(31)15-25(42-27(28)18-4-6-21(34)7-5-18)32(45,33(35,36)37)16-41-29(43)20-13-19-3-2-11-39-26(19)24(14-20)47-22-8-9-22/h2-7,11,13-15,22,45H,8-10,12,16-17,38H2,1H3,(H,40,44)(H,41,43)/t31-,32?/m0/s1. The van der Waals surface area contributed by atoms with Crippen molar-refractivity contribution in [2.75, 3.05) is 26.2 Å². The zero-order valence-corrected chi connectivity index (χ0v) is 25.2. The summed E-state index contributed by atoms with van der Waals surface area (Å²) in [7, 11) is 0. The number of ether oxygens (including phenoxy) is 2. The number of rotatable bonds is 10. The minimum absolute atomic E-state index is 0.00265. The molecule has 1 aliphatic carbocycles. The van der Waals surface area contributed by atoms with Gasteiger partial charge in [-0.05, 0) is 68.3 Å². The molecule has 2 aromatic carbocycles. The monoisotopic (exact) mass is 653 g/mol. The van der Waals surface area contributed by atoms with E-state index in [1.165, 1.54) is 31.2 Å². The highest BCUT2D eigenvalue weighted by molar-refractivity contribution is 6.00. The van der Waals surface area contributed by atoms with Crippen LogP contribution in [0, 0.1) is 5.82 Å². The van der Waals surface area contributed by atoms with Crippen LogP contribution in [0.4, 0.5) is 17.6 Å². The van der Waals surface area contributed by atoms with Crippen molar-refractivity contribution in [3.05, 3.63) is 83.4 Å². The van der Waals surface area contributed by atoms with Gasteiger partial charge in [-0.15, -0.1) is 0 Å². The van der Waals surface area contributed by atoms with Crippen LogP contribution < -0.4 is 25.8 Å². The third-order valence-electron chi connectivity index (χ3n) is 8.27. The van der Waals surface area contributed by atoms with Gasteiger partial charge in [0.2, 0.25) is 11.5 Å². The van der Waals surface area contributed by atoms with Crippen molar-refractivity contribution in [1.29, 1.82) is 0 Å². The number of hydrogen-bond donors (Lipinski definition) is 4. The molecule has 10 nitrogen and oxygen atoms in total. The maximum absolute atomic E-state index is 14.9. The number of carbonyl (C=O) groups is 2. The lowest BCUT2D eigenvalue weighted by molar-refractivity contribution is -0.265. The van der Waals surface area contributed by atoms with Crippen LogP contribution in [0.2, 0.25) is 0 Å². The minimum Gasteiger partial charge on any atom is -0.489 e. The maximum atomic E-state index is 14.9. The summed E-state index contributed by atoms with van der Waals surface area (Å²) in [4.78, 5) is 35.0. The van der Waals surface area contributed by atoms with E-state index in [9.17, 15) is 32.3 Å². The molecule has 47 heavy (non-hydrogen) atoms. The SMILES string of the molecule is C[C@]1(C(=O)NCCN)COc2c1cc(C(O)(CNC(=O)c1cc(OC3CC3)c3ncccc3c1)C(F)(F)F)nc2-c1ccc(F)cc1. The lowest BCUT2D eigenvalue weighted by Gasteiger charge is -2.31.